The van der Waals surface area contributed by atoms with Crippen LogP contribution in [0.5, 0.6) is 0 Å². The van der Waals surface area contributed by atoms with Gasteiger partial charge in [0.25, 0.3) is 0 Å². The summed E-state index contributed by atoms with van der Waals surface area (Å²) in [5, 5.41) is 4.44. The molecule has 0 atom stereocenters. The van der Waals surface area contributed by atoms with Crippen LogP contribution in [-0.2, 0) is 0 Å². The number of benzene rings is 5. The number of nitrogens with zero attached hydrogens (tertiary/aromatic N) is 2. The van der Waals surface area contributed by atoms with Gasteiger partial charge in [0.05, 0.1) is 39.1 Å². The number of fused-ring (bicyclic) bond motifs is 6. The first-order chi connectivity index (χ1) is 16.8. The molecule has 0 bridgehead atoms. The van der Waals surface area contributed by atoms with Crippen LogP contribution in [0.4, 0.5) is 3.89 Å². The van der Waals surface area contributed by atoms with E-state index in [4.69, 9.17) is 0 Å². The monoisotopic (exact) mass is 458 g/mol. The highest BCUT2D eigenvalue weighted by Crippen LogP contribution is 2.40. The molecule has 0 spiro atoms. The molecule has 0 saturated heterocycles. The molecule has 0 unspecified atom stereocenters. The molecule has 34 heavy (non-hydrogen) atoms. The third kappa shape index (κ3) is 2.69. The molecule has 5 aromatic carbocycles. The molecule has 2 heterocycles. The molecule has 7 aromatic rings. The zero-order valence-electron chi connectivity index (χ0n) is 18.2. The van der Waals surface area contributed by atoms with Crippen molar-refractivity contribution in [2.45, 2.75) is 4.90 Å². The molecule has 162 valence electrons. The van der Waals surface area contributed by atoms with E-state index in [0.717, 1.165) is 44.2 Å². The molecule has 2 nitrogen and oxygen atoms in total. The summed E-state index contributed by atoms with van der Waals surface area (Å²) in [4.78, 5) is 0.636. The van der Waals surface area contributed by atoms with Crippen molar-refractivity contribution in [3.63, 3.8) is 0 Å². The lowest BCUT2D eigenvalue weighted by Gasteiger charge is -2.10. The van der Waals surface area contributed by atoms with Crippen molar-refractivity contribution < 1.29 is 3.89 Å². The molecule has 0 fully saturated rings. The molecule has 0 amide bonds. The van der Waals surface area contributed by atoms with Gasteiger partial charge < -0.3 is 9.13 Å². The molecule has 7 rings (SSSR count). The van der Waals surface area contributed by atoms with E-state index in [1.807, 2.05) is 30.3 Å². The van der Waals surface area contributed by atoms with E-state index in [2.05, 4.69) is 94.1 Å². The Bertz CT molecular complexity index is 1790. The Balaban J connectivity index is 1.62. The Labute approximate surface area is 200 Å². The van der Waals surface area contributed by atoms with Crippen molar-refractivity contribution in [3.05, 3.63) is 115 Å². The van der Waals surface area contributed by atoms with Gasteiger partial charge in [-0.2, -0.15) is 3.89 Å². The first-order valence-electron chi connectivity index (χ1n) is 11.2. The number of aromatic nitrogens is 2. The Morgan fingerprint density at radius 2 is 1.06 bits per heavy atom. The van der Waals surface area contributed by atoms with E-state index in [0.29, 0.717) is 17.0 Å². The van der Waals surface area contributed by atoms with Crippen LogP contribution in [-0.4, -0.2) is 9.13 Å². The predicted octanol–water partition coefficient (Wildman–Crippen LogP) is 8.86. The third-order valence-corrected chi connectivity index (χ3v) is 7.18. The molecule has 0 N–H and O–H groups in total. The number of hydrogen-bond acceptors (Lipinski definition) is 1. The van der Waals surface area contributed by atoms with E-state index < -0.39 is 0 Å². The van der Waals surface area contributed by atoms with Crippen molar-refractivity contribution in [2.75, 3.05) is 0 Å². The minimum atomic E-state index is 0.310. The lowest BCUT2D eigenvalue weighted by Crippen LogP contribution is -1.95. The van der Waals surface area contributed by atoms with E-state index in [-0.39, 0.29) is 0 Å². The van der Waals surface area contributed by atoms with Gasteiger partial charge in [-0.1, -0.05) is 60.7 Å². The molecule has 0 aliphatic heterocycles. The number of para-hydroxylation sites is 3. The van der Waals surface area contributed by atoms with E-state index >= 15 is 0 Å². The zero-order valence-corrected chi connectivity index (χ0v) is 19.0. The molecule has 0 saturated carbocycles. The van der Waals surface area contributed by atoms with Gasteiger partial charge in [-0.25, -0.2) is 0 Å². The standard InChI is InChI=1S/C30H19FN2S/c31-34-29-16-8-15-28-30(29)24-19-21(17-18-27(24)32(28)20-9-2-1-3-10-20)33-25-13-6-4-11-22(25)23-12-5-7-14-26(23)33/h1-19H. The highest BCUT2D eigenvalue weighted by molar-refractivity contribution is 7.94. The van der Waals surface area contributed by atoms with Gasteiger partial charge in [0.15, 0.2) is 0 Å². The first kappa shape index (κ1) is 19.4. The summed E-state index contributed by atoms with van der Waals surface area (Å²) in [5.41, 5.74) is 6.52. The predicted molar refractivity (Wildman–Crippen MR) is 142 cm³/mol. The summed E-state index contributed by atoms with van der Waals surface area (Å²) < 4.78 is 18.6. The average Bonchev–Trinajstić information content (AvgIpc) is 3.42. The van der Waals surface area contributed by atoms with Crippen LogP contribution < -0.4 is 0 Å². The molecule has 2 aromatic heterocycles. The molecule has 4 heteroatoms. The zero-order chi connectivity index (χ0) is 22.6. The minimum Gasteiger partial charge on any atom is -0.309 e. The van der Waals surface area contributed by atoms with Crippen molar-refractivity contribution >= 4 is 55.8 Å². The molecular weight excluding hydrogens is 439 g/mol. The van der Waals surface area contributed by atoms with Gasteiger partial charge in [-0.3, -0.25) is 0 Å². The lowest BCUT2D eigenvalue weighted by molar-refractivity contribution is 0.936. The Kier molecular flexibility index (Phi) is 4.29. The fraction of sp³-hybridized carbons (Fsp3) is 0. The number of rotatable bonds is 3. The number of halogens is 1. The molecule has 0 aliphatic carbocycles. The summed E-state index contributed by atoms with van der Waals surface area (Å²) in [7, 11) is 0. The number of hydrogen-bond donors (Lipinski definition) is 0. The van der Waals surface area contributed by atoms with E-state index in [1.165, 1.54) is 10.8 Å². The van der Waals surface area contributed by atoms with Crippen LogP contribution in [0.25, 0.3) is 55.0 Å². The SMILES string of the molecule is FSc1cccc2c1c1cc(-n3c4ccccc4c4ccccc43)ccc1n2-c1ccccc1. The van der Waals surface area contributed by atoms with E-state index in [1.54, 1.807) is 0 Å². The summed E-state index contributed by atoms with van der Waals surface area (Å²) in [6, 6.07) is 39.7. The van der Waals surface area contributed by atoms with Crippen molar-refractivity contribution in [3.8, 4) is 11.4 Å². The quantitative estimate of drug-likeness (QED) is 0.257. The van der Waals surface area contributed by atoms with Gasteiger partial charge in [0, 0.05) is 32.9 Å². The van der Waals surface area contributed by atoms with Crippen LogP contribution in [0.2, 0.25) is 0 Å². The summed E-state index contributed by atoms with van der Waals surface area (Å²) in [6.07, 6.45) is 0. The van der Waals surface area contributed by atoms with Crippen LogP contribution >= 0.6 is 12.1 Å². The average molecular weight is 459 g/mol. The summed E-state index contributed by atoms with van der Waals surface area (Å²) >= 11 is 0.310. The van der Waals surface area contributed by atoms with Gasteiger partial charge in [-0.15, -0.1) is 0 Å². The minimum absolute atomic E-state index is 0.310. The van der Waals surface area contributed by atoms with Crippen LogP contribution in [0.3, 0.4) is 0 Å². The Morgan fingerprint density at radius 3 is 1.76 bits per heavy atom. The highest BCUT2D eigenvalue weighted by Gasteiger charge is 2.18. The first-order valence-corrected chi connectivity index (χ1v) is 12.0. The second kappa shape index (κ2) is 7.51. The second-order valence-corrected chi connectivity index (χ2v) is 9.06. The lowest BCUT2D eigenvalue weighted by atomic mass is 10.1. The second-order valence-electron chi connectivity index (χ2n) is 8.47. The van der Waals surface area contributed by atoms with Gasteiger partial charge in [0.2, 0.25) is 0 Å². The normalized spacial score (nSPS) is 11.8. The maximum atomic E-state index is 14.1. The summed E-state index contributed by atoms with van der Waals surface area (Å²) in [6.45, 7) is 0. The maximum Gasteiger partial charge on any atom is 0.0819 e. The fourth-order valence-electron chi connectivity index (χ4n) is 5.28. The van der Waals surface area contributed by atoms with E-state index in [9.17, 15) is 3.89 Å². The van der Waals surface area contributed by atoms with Crippen LogP contribution in [0, 0.1) is 0 Å². The summed E-state index contributed by atoms with van der Waals surface area (Å²) in [5.74, 6) is 0. The topological polar surface area (TPSA) is 9.86 Å². The molecule has 0 radical (unpaired) electrons. The van der Waals surface area contributed by atoms with Gasteiger partial charge in [-0.05, 0) is 54.6 Å². The maximum absolute atomic E-state index is 14.1. The highest BCUT2D eigenvalue weighted by atomic mass is 32.2. The molecule has 0 aliphatic rings. The Hall–Kier alpha value is -4.02. The van der Waals surface area contributed by atoms with Crippen molar-refractivity contribution in [2.24, 2.45) is 0 Å². The fourth-order valence-corrected chi connectivity index (χ4v) is 5.71. The van der Waals surface area contributed by atoms with Crippen LogP contribution in [0.15, 0.2) is 120 Å². The smallest absolute Gasteiger partial charge is 0.0819 e. The van der Waals surface area contributed by atoms with Crippen molar-refractivity contribution in [1.82, 2.24) is 9.13 Å². The van der Waals surface area contributed by atoms with Gasteiger partial charge in [0.1, 0.15) is 0 Å². The largest absolute Gasteiger partial charge is 0.309 e. The Morgan fingerprint density at radius 1 is 0.471 bits per heavy atom. The van der Waals surface area contributed by atoms with Gasteiger partial charge >= 0.3 is 0 Å². The third-order valence-electron chi connectivity index (χ3n) is 6.67. The van der Waals surface area contributed by atoms with Crippen LogP contribution in [0.1, 0.15) is 0 Å². The van der Waals surface area contributed by atoms with Crippen molar-refractivity contribution in [1.29, 1.82) is 0 Å². The molecular formula is C30H19FN2S.